The van der Waals surface area contributed by atoms with Crippen molar-refractivity contribution in [2.45, 2.75) is 9.64 Å². The molecular weight excluding hydrogens is 359 g/mol. The molecule has 1 unspecified atom stereocenters. The number of hydrogen-bond acceptors (Lipinski definition) is 3. The molecule has 5 rings (SSSR count). The lowest BCUT2D eigenvalue weighted by Crippen LogP contribution is -2.29. The molecule has 0 bridgehead atoms. The molecule has 3 aromatic carbocycles. The number of carbonyl (C=O) groups excluding carboxylic acids is 1. The number of halogens is 1. The number of nitrogens with one attached hydrogen (secondary N) is 2. The lowest BCUT2D eigenvalue weighted by atomic mass is 9.96. The molecule has 2 aliphatic heterocycles. The van der Waals surface area contributed by atoms with Crippen molar-refractivity contribution < 1.29 is 9.18 Å². The van der Waals surface area contributed by atoms with E-state index >= 15 is 0 Å². The van der Waals surface area contributed by atoms with Crippen molar-refractivity contribution in [2.24, 2.45) is 0 Å². The summed E-state index contributed by atoms with van der Waals surface area (Å²) in [5.74, 6) is -0.410. The summed E-state index contributed by atoms with van der Waals surface area (Å²) in [7, 11) is 0. The summed E-state index contributed by atoms with van der Waals surface area (Å²) in [6.45, 7) is 0. The summed E-state index contributed by atoms with van der Waals surface area (Å²) in [4.78, 5) is 14.1. The third-order valence-electron chi connectivity index (χ3n) is 4.82. The largest absolute Gasteiger partial charge is 0.354 e. The minimum absolute atomic E-state index is 0.0962. The van der Waals surface area contributed by atoms with Crippen LogP contribution in [0.3, 0.4) is 0 Å². The Balaban J connectivity index is 1.78. The van der Waals surface area contributed by atoms with E-state index in [1.165, 1.54) is 23.9 Å². The molecule has 3 nitrogen and oxygen atoms in total. The minimum Gasteiger partial charge on any atom is -0.354 e. The van der Waals surface area contributed by atoms with Crippen LogP contribution < -0.4 is 10.6 Å². The number of anilines is 2. The molecule has 1 atom stereocenters. The average Bonchev–Trinajstić information content (AvgIpc) is 2.84. The smallest absolute Gasteiger partial charge is 0.249 e. The second-order valence-electron chi connectivity index (χ2n) is 6.53. The predicted molar refractivity (Wildman–Crippen MR) is 107 cm³/mol. The topological polar surface area (TPSA) is 41.1 Å². The summed E-state index contributed by atoms with van der Waals surface area (Å²) in [5, 5.41) is 6.39. The molecule has 2 aliphatic rings. The van der Waals surface area contributed by atoms with Gasteiger partial charge in [-0.3, -0.25) is 4.79 Å². The van der Waals surface area contributed by atoms with Crippen molar-refractivity contribution in [3.05, 3.63) is 95.8 Å². The Morgan fingerprint density at radius 1 is 0.852 bits per heavy atom. The molecule has 3 aromatic rings. The Morgan fingerprint density at radius 3 is 2.48 bits per heavy atom. The summed E-state index contributed by atoms with van der Waals surface area (Å²) in [5.41, 5.74) is 4.02. The minimum atomic E-state index is -0.919. The maximum atomic E-state index is 13.9. The van der Waals surface area contributed by atoms with Crippen LogP contribution in [0.4, 0.5) is 15.8 Å². The molecule has 0 aliphatic carbocycles. The van der Waals surface area contributed by atoms with Gasteiger partial charge >= 0.3 is 0 Å². The molecule has 2 N–H and O–H groups in total. The lowest BCUT2D eigenvalue weighted by Gasteiger charge is -2.22. The summed E-state index contributed by atoms with van der Waals surface area (Å²) in [6.07, 6.45) is 1.91. The van der Waals surface area contributed by atoms with Crippen LogP contribution in [0.15, 0.2) is 83.8 Å². The van der Waals surface area contributed by atoms with Gasteiger partial charge in [0.15, 0.2) is 0 Å². The van der Waals surface area contributed by atoms with E-state index in [4.69, 9.17) is 0 Å². The van der Waals surface area contributed by atoms with Gasteiger partial charge in [0.05, 0.1) is 5.69 Å². The molecule has 0 saturated carbocycles. The normalized spacial score (nSPS) is 20.2. The quantitative estimate of drug-likeness (QED) is 0.613. The molecule has 0 fully saturated rings. The summed E-state index contributed by atoms with van der Waals surface area (Å²) < 4.78 is 12.9. The first-order valence-corrected chi connectivity index (χ1v) is 9.42. The second-order valence-corrected chi connectivity index (χ2v) is 7.81. The number of hydrogen-bond donors (Lipinski definition) is 2. The number of benzene rings is 3. The van der Waals surface area contributed by atoms with Gasteiger partial charge in [-0.05, 0) is 36.4 Å². The lowest BCUT2D eigenvalue weighted by molar-refractivity contribution is -0.116. The first-order valence-electron chi connectivity index (χ1n) is 8.60. The SMILES string of the molecule is O=C1Nc2ccccc2C12C=C(c1cccc(F)c1)Nc1ccccc1S2. The molecule has 2 heterocycles. The van der Waals surface area contributed by atoms with Crippen molar-refractivity contribution in [3.8, 4) is 0 Å². The van der Waals surface area contributed by atoms with Gasteiger partial charge in [-0.2, -0.15) is 0 Å². The molecule has 0 aromatic heterocycles. The molecule has 0 saturated heterocycles. The Morgan fingerprint density at radius 2 is 1.63 bits per heavy atom. The molecule has 0 radical (unpaired) electrons. The van der Waals surface area contributed by atoms with E-state index < -0.39 is 4.75 Å². The Hall–Kier alpha value is -3.05. The van der Waals surface area contributed by atoms with Crippen molar-refractivity contribution in [3.63, 3.8) is 0 Å². The van der Waals surface area contributed by atoms with E-state index in [2.05, 4.69) is 10.6 Å². The van der Waals surface area contributed by atoms with Crippen LogP contribution in [0.2, 0.25) is 0 Å². The molecule has 1 amide bonds. The van der Waals surface area contributed by atoms with Crippen molar-refractivity contribution in [2.75, 3.05) is 10.6 Å². The molecule has 132 valence electrons. The second kappa shape index (κ2) is 5.99. The maximum absolute atomic E-state index is 13.9. The van der Waals surface area contributed by atoms with Gasteiger partial charge in [-0.1, -0.05) is 54.2 Å². The Kier molecular flexibility index (Phi) is 3.58. The van der Waals surface area contributed by atoms with E-state index in [9.17, 15) is 9.18 Å². The zero-order chi connectivity index (χ0) is 18.4. The fraction of sp³-hybridized carbons (Fsp3) is 0.0455. The van der Waals surface area contributed by atoms with Crippen LogP contribution in [-0.2, 0) is 9.54 Å². The number of amides is 1. The van der Waals surface area contributed by atoms with Gasteiger partial charge in [0.2, 0.25) is 5.91 Å². The van der Waals surface area contributed by atoms with Crippen LogP contribution in [-0.4, -0.2) is 5.91 Å². The van der Waals surface area contributed by atoms with Crippen molar-refractivity contribution >= 4 is 34.7 Å². The highest BCUT2D eigenvalue weighted by Crippen LogP contribution is 2.54. The Labute approximate surface area is 160 Å². The van der Waals surface area contributed by atoms with Crippen LogP contribution in [0.25, 0.3) is 5.70 Å². The van der Waals surface area contributed by atoms with E-state index in [1.54, 1.807) is 6.07 Å². The zero-order valence-electron chi connectivity index (χ0n) is 14.2. The van der Waals surface area contributed by atoms with Gasteiger partial charge in [-0.15, -0.1) is 0 Å². The van der Waals surface area contributed by atoms with E-state index in [0.717, 1.165) is 21.8 Å². The van der Waals surface area contributed by atoms with Crippen molar-refractivity contribution in [1.82, 2.24) is 0 Å². The van der Waals surface area contributed by atoms with Gasteiger partial charge in [-0.25, -0.2) is 4.39 Å². The van der Waals surface area contributed by atoms with Crippen LogP contribution in [0, 0.1) is 5.82 Å². The highest BCUT2D eigenvalue weighted by molar-refractivity contribution is 8.01. The van der Waals surface area contributed by atoms with Gasteiger partial charge in [0.25, 0.3) is 0 Å². The summed E-state index contributed by atoms with van der Waals surface area (Å²) in [6, 6.07) is 22.0. The molecule has 5 heteroatoms. The average molecular weight is 374 g/mol. The third kappa shape index (κ3) is 2.54. The molecule has 27 heavy (non-hydrogen) atoms. The number of rotatable bonds is 1. The van der Waals surface area contributed by atoms with E-state index in [1.807, 2.05) is 60.7 Å². The van der Waals surface area contributed by atoms with Crippen LogP contribution >= 0.6 is 11.8 Å². The monoisotopic (exact) mass is 374 g/mol. The first-order chi connectivity index (χ1) is 13.2. The van der Waals surface area contributed by atoms with Crippen LogP contribution in [0.5, 0.6) is 0 Å². The van der Waals surface area contributed by atoms with Crippen LogP contribution in [0.1, 0.15) is 11.1 Å². The first kappa shape index (κ1) is 16.1. The summed E-state index contributed by atoms with van der Waals surface area (Å²) >= 11 is 1.50. The van der Waals surface area contributed by atoms with Gasteiger partial charge in [0.1, 0.15) is 10.6 Å². The molecular formula is C22H15FN2OS. The number of thioether (sulfide) groups is 1. The van der Waals surface area contributed by atoms with Gasteiger partial charge < -0.3 is 10.6 Å². The highest BCUT2D eigenvalue weighted by Gasteiger charge is 2.47. The van der Waals surface area contributed by atoms with Gasteiger partial charge in [0, 0.05) is 27.4 Å². The molecule has 1 spiro atoms. The Bertz CT molecular complexity index is 1110. The standard InChI is InChI=1S/C22H15FN2OS/c23-15-7-5-6-14(12-15)19-13-22(27-20-11-4-3-10-18(20)24-19)16-8-1-2-9-17(16)25-21(22)26/h1-13,24H,(H,25,26). The fourth-order valence-electron chi connectivity index (χ4n) is 3.56. The number of para-hydroxylation sites is 2. The number of carbonyl (C=O) groups is 1. The third-order valence-corrected chi connectivity index (χ3v) is 6.24. The number of fused-ring (bicyclic) bond motifs is 3. The van der Waals surface area contributed by atoms with E-state index in [0.29, 0.717) is 11.3 Å². The zero-order valence-corrected chi connectivity index (χ0v) is 15.0. The van der Waals surface area contributed by atoms with Crippen molar-refractivity contribution in [1.29, 1.82) is 0 Å². The highest BCUT2D eigenvalue weighted by atomic mass is 32.2. The maximum Gasteiger partial charge on any atom is 0.249 e. The fourth-order valence-corrected chi connectivity index (χ4v) is 4.89. The van der Waals surface area contributed by atoms with E-state index in [-0.39, 0.29) is 11.7 Å². The predicted octanol–water partition coefficient (Wildman–Crippen LogP) is 5.23.